The van der Waals surface area contributed by atoms with E-state index in [-0.39, 0.29) is 5.56 Å². The van der Waals surface area contributed by atoms with E-state index in [2.05, 4.69) is 5.32 Å². The lowest BCUT2D eigenvalue weighted by molar-refractivity contribution is 0.414. The van der Waals surface area contributed by atoms with Gasteiger partial charge in [0, 0.05) is 18.2 Å². The first-order valence-electron chi connectivity index (χ1n) is 7.03. The third-order valence-corrected chi connectivity index (χ3v) is 3.71. The molecule has 0 heterocycles. The van der Waals surface area contributed by atoms with Crippen LogP contribution in [0.2, 0.25) is 0 Å². The zero-order chi connectivity index (χ0) is 14.8. The van der Waals surface area contributed by atoms with Crippen LogP contribution >= 0.6 is 0 Å². The van der Waals surface area contributed by atoms with Crippen molar-refractivity contribution in [3.05, 3.63) is 53.6 Å². The summed E-state index contributed by atoms with van der Waals surface area (Å²) in [5, 5.41) is 3.40. The molecular weight excluding hydrogens is 272 g/mol. The Morgan fingerprint density at radius 3 is 2.67 bits per heavy atom. The first-order valence-corrected chi connectivity index (χ1v) is 7.03. The number of benzene rings is 2. The SMILES string of the molecule is COc1ccc(-c2cccc(F)c2F)c(CNC2CC2)c1. The van der Waals surface area contributed by atoms with Crippen molar-refractivity contribution in [2.24, 2.45) is 0 Å². The van der Waals surface area contributed by atoms with Crippen LogP contribution in [0.25, 0.3) is 11.1 Å². The van der Waals surface area contributed by atoms with Gasteiger partial charge in [-0.25, -0.2) is 8.78 Å². The molecule has 2 nitrogen and oxygen atoms in total. The molecule has 0 aliphatic heterocycles. The van der Waals surface area contributed by atoms with Gasteiger partial charge in [0.25, 0.3) is 0 Å². The third kappa shape index (κ3) is 3.05. The van der Waals surface area contributed by atoms with E-state index in [1.54, 1.807) is 25.3 Å². The zero-order valence-corrected chi connectivity index (χ0v) is 11.8. The second-order valence-corrected chi connectivity index (χ2v) is 5.28. The summed E-state index contributed by atoms with van der Waals surface area (Å²) in [6.45, 7) is 0.618. The molecule has 0 spiro atoms. The van der Waals surface area contributed by atoms with Crippen LogP contribution < -0.4 is 10.1 Å². The van der Waals surface area contributed by atoms with E-state index in [4.69, 9.17) is 4.74 Å². The lowest BCUT2D eigenvalue weighted by Crippen LogP contribution is -2.16. The fraction of sp³-hybridized carbons (Fsp3) is 0.294. The van der Waals surface area contributed by atoms with Gasteiger partial charge in [-0.3, -0.25) is 0 Å². The van der Waals surface area contributed by atoms with E-state index < -0.39 is 11.6 Å². The van der Waals surface area contributed by atoms with E-state index in [1.807, 2.05) is 6.07 Å². The number of ether oxygens (including phenoxy) is 1. The van der Waals surface area contributed by atoms with Crippen LogP contribution in [0.5, 0.6) is 5.75 Å². The number of rotatable bonds is 5. The standard InChI is InChI=1S/C17H17F2NO/c1-21-13-7-8-14(11(9-13)10-20-12-5-6-12)15-3-2-4-16(18)17(15)19/h2-4,7-9,12,20H,5-6,10H2,1H3. The summed E-state index contributed by atoms with van der Waals surface area (Å²) in [5.74, 6) is -0.928. The molecule has 4 heteroatoms. The van der Waals surface area contributed by atoms with Crippen molar-refractivity contribution >= 4 is 0 Å². The van der Waals surface area contributed by atoms with Gasteiger partial charge < -0.3 is 10.1 Å². The first-order chi connectivity index (χ1) is 10.2. The quantitative estimate of drug-likeness (QED) is 0.901. The molecule has 1 saturated carbocycles. The average Bonchev–Trinajstić information content (AvgIpc) is 3.32. The van der Waals surface area contributed by atoms with Gasteiger partial charge in [0.15, 0.2) is 11.6 Å². The van der Waals surface area contributed by atoms with Crippen molar-refractivity contribution in [1.82, 2.24) is 5.32 Å². The summed E-state index contributed by atoms with van der Waals surface area (Å²) in [4.78, 5) is 0. The maximum Gasteiger partial charge on any atom is 0.166 e. The molecule has 1 aliphatic rings. The zero-order valence-electron chi connectivity index (χ0n) is 11.8. The van der Waals surface area contributed by atoms with Gasteiger partial charge in [0.05, 0.1) is 7.11 Å². The fourth-order valence-electron chi connectivity index (χ4n) is 2.36. The Kier molecular flexibility index (Phi) is 3.88. The topological polar surface area (TPSA) is 21.3 Å². The molecule has 110 valence electrons. The summed E-state index contributed by atoms with van der Waals surface area (Å²) in [6.07, 6.45) is 2.35. The van der Waals surface area contributed by atoms with Crippen LogP contribution in [0.15, 0.2) is 36.4 Å². The van der Waals surface area contributed by atoms with E-state index >= 15 is 0 Å². The number of halogens is 2. The van der Waals surface area contributed by atoms with Gasteiger partial charge in [-0.15, -0.1) is 0 Å². The molecule has 0 aromatic heterocycles. The van der Waals surface area contributed by atoms with E-state index in [9.17, 15) is 8.78 Å². The van der Waals surface area contributed by atoms with Gasteiger partial charge in [-0.2, -0.15) is 0 Å². The molecule has 0 amide bonds. The summed E-state index contributed by atoms with van der Waals surface area (Å²) >= 11 is 0. The highest BCUT2D eigenvalue weighted by Crippen LogP contribution is 2.31. The Labute approximate surface area is 122 Å². The van der Waals surface area contributed by atoms with Gasteiger partial charge in [0.2, 0.25) is 0 Å². The number of hydrogen-bond donors (Lipinski definition) is 1. The van der Waals surface area contributed by atoms with Crippen molar-refractivity contribution < 1.29 is 13.5 Å². The summed E-state index contributed by atoms with van der Waals surface area (Å²) in [7, 11) is 1.59. The monoisotopic (exact) mass is 289 g/mol. The highest BCUT2D eigenvalue weighted by atomic mass is 19.2. The molecule has 1 fully saturated rings. The van der Waals surface area contributed by atoms with Crippen molar-refractivity contribution in [1.29, 1.82) is 0 Å². The lowest BCUT2D eigenvalue weighted by Gasteiger charge is -2.13. The predicted octanol–water partition coefficient (Wildman–Crippen LogP) is 3.89. The van der Waals surface area contributed by atoms with Gasteiger partial charge in [-0.1, -0.05) is 18.2 Å². The van der Waals surface area contributed by atoms with Crippen LogP contribution in [-0.2, 0) is 6.54 Å². The Hall–Kier alpha value is -1.94. The van der Waals surface area contributed by atoms with E-state index in [0.29, 0.717) is 23.9 Å². The molecule has 0 atom stereocenters. The highest BCUT2D eigenvalue weighted by molar-refractivity contribution is 5.69. The van der Waals surface area contributed by atoms with Crippen LogP contribution in [0.3, 0.4) is 0 Å². The smallest absolute Gasteiger partial charge is 0.166 e. The molecule has 3 rings (SSSR count). The molecular formula is C17H17F2NO. The average molecular weight is 289 g/mol. The Morgan fingerprint density at radius 2 is 1.95 bits per heavy atom. The first kappa shape index (κ1) is 14.0. The van der Waals surface area contributed by atoms with Crippen molar-refractivity contribution in [3.63, 3.8) is 0 Å². The van der Waals surface area contributed by atoms with Crippen LogP contribution in [-0.4, -0.2) is 13.2 Å². The molecule has 2 aromatic carbocycles. The Bertz CT molecular complexity index is 653. The minimum absolute atomic E-state index is 0.283. The molecule has 1 N–H and O–H groups in total. The molecule has 1 aliphatic carbocycles. The van der Waals surface area contributed by atoms with Crippen LogP contribution in [0.4, 0.5) is 8.78 Å². The number of methoxy groups -OCH3 is 1. The maximum atomic E-state index is 14.0. The normalized spacial score (nSPS) is 14.2. The minimum atomic E-state index is -0.829. The Morgan fingerprint density at radius 1 is 1.14 bits per heavy atom. The summed E-state index contributed by atoms with van der Waals surface area (Å²) in [6, 6.07) is 10.2. The summed E-state index contributed by atoms with van der Waals surface area (Å²) in [5.41, 5.74) is 1.89. The Balaban J connectivity index is 2.00. The number of hydrogen-bond acceptors (Lipinski definition) is 2. The third-order valence-electron chi connectivity index (χ3n) is 3.71. The van der Waals surface area contributed by atoms with Crippen molar-refractivity contribution in [3.8, 4) is 16.9 Å². The molecule has 0 saturated heterocycles. The number of nitrogens with one attached hydrogen (secondary N) is 1. The van der Waals surface area contributed by atoms with E-state index in [1.165, 1.54) is 18.9 Å². The highest BCUT2D eigenvalue weighted by Gasteiger charge is 2.21. The van der Waals surface area contributed by atoms with Gasteiger partial charge in [-0.05, 0) is 42.2 Å². The molecule has 21 heavy (non-hydrogen) atoms. The lowest BCUT2D eigenvalue weighted by atomic mass is 9.98. The minimum Gasteiger partial charge on any atom is -0.497 e. The van der Waals surface area contributed by atoms with Gasteiger partial charge >= 0.3 is 0 Å². The largest absolute Gasteiger partial charge is 0.497 e. The summed E-state index contributed by atoms with van der Waals surface area (Å²) < 4.78 is 32.7. The van der Waals surface area contributed by atoms with Crippen molar-refractivity contribution in [2.75, 3.05) is 7.11 Å². The molecule has 2 aromatic rings. The van der Waals surface area contributed by atoms with Crippen LogP contribution in [0, 0.1) is 11.6 Å². The van der Waals surface area contributed by atoms with Crippen molar-refractivity contribution in [2.45, 2.75) is 25.4 Å². The fourth-order valence-corrected chi connectivity index (χ4v) is 2.36. The maximum absolute atomic E-state index is 14.0. The molecule has 0 bridgehead atoms. The second kappa shape index (κ2) is 5.82. The molecule has 0 radical (unpaired) electrons. The molecule has 0 unspecified atom stereocenters. The predicted molar refractivity (Wildman–Crippen MR) is 78.2 cm³/mol. The van der Waals surface area contributed by atoms with Crippen LogP contribution in [0.1, 0.15) is 18.4 Å². The van der Waals surface area contributed by atoms with E-state index in [0.717, 1.165) is 11.6 Å². The second-order valence-electron chi connectivity index (χ2n) is 5.28. The van der Waals surface area contributed by atoms with Gasteiger partial charge in [0.1, 0.15) is 5.75 Å².